The quantitative estimate of drug-likeness (QED) is 0.740. The van der Waals surface area contributed by atoms with Gasteiger partial charge in [0.05, 0.1) is 6.33 Å². The third kappa shape index (κ3) is 6.43. The Morgan fingerprint density at radius 3 is 2.74 bits per heavy atom. The summed E-state index contributed by atoms with van der Waals surface area (Å²) in [5.41, 5.74) is 1.27. The number of rotatable bonds is 6. The average Bonchev–Trinajstić information content (AvgIpc) is 2.73. The Morgan fingerprint density at radius 1 is 1.32 bits per heavy atom. The van der Waals surface area contributed by atoms with E-state index in [1.54, 1.807) is 32.9 Å². The summed E-state index contributed by atoms with van der Waals surface area (Å²) in [7, 11) is 0. The molecule has 1 N–H and O–H groups in total. The van der Waals surface area contributed by atoms with Crippen LogP contribution in [0.2, 0.25) is 0 Å². The lowest BCUT2D eigenvalue weighted by atomic mass is 9.95. The standard InChI is InChI=1S/C23H31FN2O5/c1-23(2,3)31-22(28)25-14-16(13-24)15-30-19-4-5-20-17(12-19)6-9-26(21(20)27)18-7-10-29-11-8-18/h4-5,12-13,18H,6-11,14-15H2,1-3H3,(H,25,28)/b16-13+. The van der Waals surface area contributed by atoms with Crippen LogP contribution in [0.1, 0.15) is 49.5 Å². The highest BCUT2D eigenvalue weighted by Crippen LogP contribution is 2.27. The van der Waals surface area contributed by atoms with Crippen LogP contribution in [0.15, 0.2) is 30.1 Å². The summed E-state index contributed by atoms with van der Waals surface area (Å²) < 4.78 is 29.4. The zero-order valence-electron chi connectivity index (χ0n) is 18.4. The number of carbonyl (C=O) groups is 2. The van der Waals surface area contributed by atoms with Crippen LogP contribution in [0.3, 0.4) is 0 Å². The SMILES string of the molecule is CC(C)(C)OC(=O)NC/C(=C\F)COc1ccc2c(c1)CCN(C1CCOCC1)C2=O. The zero-order chi connectivity index (χ0) is 22.4. The van der Waals surface area contributed by atoms with Gasteiger partial charge in [-0.05, 0) is 63.8 Å². The normalized spacial score (nSPS) is 17.9. The fourth-order valence-electron chi connectivity index (χ4n) is 3.71. The molecule has 2 heterocycles. The third-order valence-electron chi connectivity index (χ3n) is 5.26. The van der Waals surface area contributed by atoms with E-state index in [2.05, 4.69) is 5.32 Å². The summed E-state index contributed by atoms with van der Waals surface area (Å²) in [5, 5.41) is 2.51. The Labute approximate surface area is 182 Å². The molecule has 31 heavy (non-hydrogen) atoms. The van der Waals surface area contributed by atoms with Crippen molar-refractivity contribution in [2.75, 3.05) is 32.9 Å². The Hall–Kier alpha value is -2.61. The minimum Gasteiger partial charge on any atom is -0.489 e. The van der Waals surface area contributed by atoms with Gasteiger partial charge in [0.2, 0.25) is 0 Å². The van der Waals surface area contributed by atoms with E-state index >= 15 is 0 Å². The Bertz CT molecular complexity index is 828. The van der Waals surface area contributed by atoms with E-state index in [-0.39, 0.29) is 30.7 Å². The maximum Gasteiger partial charge on any atom is 0.407 e. The fourth-order valence-corrected chi connectivity index (χ4v) is 3.71. The van der Waals surface area contributed by atoms with Crippen molar-refractivity contribution in [1.82, 2.24) is 10.2 Å². The van der Waals surface area contributed by atoms with Gasteiger partial charge >= 0.3 is 6.09 Å². The molecule has 170 valence electrons. The minimum atomic E-state index is -0.624. The van der Waals surface area contributed by atoms with Crippen molar-refractivity contribution in [1.29, 1.82) is 0 Å². The molecular weight excluding hydrogens is 403 g/mol. The number of nitrogens with one attached hydrogen (secondary N) is 1. The Morgan fingerprint density at radius 2 is 2.06 bits per heavy atom. The van der Waals surface area contributed by atoms with E-state index in [1.807, 2.05) is 11.0 Å². The first kappa shape index (κ1) is 23.1. The number of benzene rings is 1. The van der Waals surface area contributed by atoms with Crippen LogP contribution in [0, 0.1) is 0 Å². The van der Waals surface area contributed by atoms with Crippen LogP contribution >= 0.6 is 0 Å². The zero-order valence-corrected chi connectivity index (χ0v) is 18.4. The van der Waals surface area contributed by atoms with E-state index in [0.29, 0.717) is 37.4 Å². The Balaban J connectivity index is 1.54. The average molecular weight is 435 g/mol. The second-order valence-electron chi connectivity index (χ2n) is 8.82. The van der Waals surface area contributed by atoms with E-state index < -0.39 is 11.7 Å². The van der Waals surface area contributed by atoms with Crippen LogP contribution in [-0.4, -0.2) is 61.5 Å². The van der Waals surface area contributed by atoms with Crippen molar-refractivity contribution in [2.24, 2.45) is 0 Å². The number of ether oxygens (including phenoxy) is 3. The highest BCUT2D eigenvalue weighted by Gasteiger charge is 2.31. The second-order valence-corrected chi connectivity index (χ2v) is 8.82. The maximum atomic E-state index is 13.2. The van der Waals surface area contributed by atoms with Crippen LogP contribution < -0.4 is 10.1 Å². The number of alkyl carbamates (subject to hydrolysis) is 1. The van der Waals surface area contributed by atoms with Gasteiger partial charge in [-0.15, -0.1) is 0 Å². The molecule has 0 unspecified atom stereocenters. The molecule has 1 aromatic carbocycles. The number of carbonyl (C=O) groups excluding carboxylic acids is 2. The topological polar surface area (TPSA) is 77.1 Å². The molecule has 0 aliphatic carbocycles. The second kappa shape index (κ2) is 10.1. The van der Waals surface area contributed by atoms with Gasteiger partial charge in [0.25, 0.3) is 5.91 Å². The monoisotopic (exact) mass is 434 g/mol. The lowest BCUT2D eigenvalue weighted by molar-refractivity contribution is 0.0276. The predicted octanol–water partition coefficient (Wildman–Crippen LogP) is 3.62. The van der Waals surface area contributed by atoms with Crippen molar-refractivity contribution in [3.8, 4) is 5.75 Å². The van der Waals surface area contributed by atoms with Gasteiger partial charge in [-0.3, -0.25) is 4.79 Å². The summed E-state index contributed by atoms with van der Waals surface area (Å²) in [6, 6.07) is 5.57. The van der Waals surface area contributed by atoms with Crippen LogP contribution in [0.5, 0.6) is 5.75 Å². The van der Waals surface area contributed by atoms with Crippen LogP contribution in [-0.2, 0) is 15.9 Å². The molecule has 0 spiro atoms. The summed E-state index contributed by atoms with van der Waals surface area (Å²) in [5.74, 6) is 0.605. The van der Waals surface area contributed by atoms with Gasteiger partial charge in [0.1, 0.15) is 18.0 Å². The van der Waals surface area contributed by atoms with Gasteiger partial charge < -0.3 is 24.4 Å². The molecule has 0 aromatic heterocycles. The summed E-state index contributed by atoms with van der Waals surface area (Å²) in [6.45, 7) is 7.29. The summed E-state index contributed by atoms with van der Waals surface area (Å²) in [4.78, 5) is 26.6. The molecule has 1 fully saturated rings. The molecule has 3 rings (SSSR count). The third-order valence-corrected chi connectivity index (χ3v) is 5.26. The van der Waals surface area contributed by atoms with Crippen molar-refractivity contribution in [3.63, 3.8) is 0 Å². The van der Waals surface area contributed by atoms with Crippen LogP contribution in [0.4, 0.5) is 9.18 Å². The first-order valence-corrected chi connectivity index (χ1v) is 10.7. The minimum absolute atomic E-state index is 0.0189. The number of hydrogen-bond acceptors (Lipinski definition) is 5. The summed E-state index contributed by atoms with van der Waals surface area (Å²) in [6.07, 6.45) is 2.30. The van der Waals surface area contributed by atoms with Crippen LogP contribution in [0.25, 0.3) is 0 Å². The van der Waals surface area contributed by atoms with Gasteiger partial charge in [0, 0.05) is 43.5 Å². The van der Waals surface area contributed by atoms with Gasteiger partial charge in [0.15, 0.2) is 0 Å². The van der Waals surface area contributed by atoms with E-state index in [1.165, 1.54) is 0 Å². The largest absolute Gasteiger partial charge is 0.489 e. The molecule has 1 saturated heterocycles. The van der Waals surface area contributed by atoms with Gasteiger partial charge in [-0.1, -0.05) is 0 Å². The van der Waals surface area contributed by atoms with Crippen molar-refractivity contribution in [2.45, 2.75) is 51.7 Å². The van der Waals surface area contributed by atoms with Gasteiger partial charge in [-0.25, -0.2) is 9.18 Å². The van der Waals surface area contributed by atoms with Crippen molar-refractivity contribution >= 4 is 12.0 Å². The number of hydrogen-bond donors (Lipinski definition) is 1. The maximum absolute atomic E-state index is 13.2. The highest BCUT2D eigenvalue weighted by molar-refractivity contribution is 5.97. The number of fused-ring (bicyclic) bond motifs is 1. The molecule has 0 saturated carbocycles. The fraction of sp³-hybridized carbons (Fsp3) is 0.565. The smallest absolute Gasteiger partial charge is 0.407 e. The lowest BCUT2D eigenvalue weighted by Crippen LogP contribution is -2.47. The number of amides is 2. The van der Waals surface area contributed by atoms with Crippen molar-refractivity contribution in [3.05, 3.63) is 41.2 Å². The first-order chi connectivity index (χ1) is 14.8. The molecule has 2 aliphatic heterocycles. The molecule has 8 heteroatoms. The van der Waals surface area contributed by atoms with Gasteiger partial charge in [-0.2, -0.15) is 0 Å². The highest BCUT2D eigenvalue weighted by atomic mass is 19.1. The van der Waals surface area contributed by atoms with E-state index in [0.717, 1.165) is 24.8 Å². The molecule has 2 amide bonds. The molecule has 1 aromatic rings. The molecule has 7 nitrogen and oxygen atoms in total. The lowest BCUT2D eigenvalue weighted by Gasteiger charge is -2.37. The summed E-state index contributed by atoms with van der Waals surface area (Å²) >= 11 is 0. The molecular formula is C23H31FN2O5. The van der Waals surface area contributed by atoms with E-state index in [9.17, 15) is 14.0 Å². The first-order valence-electron chi connectivity index (χ1n) is 10.7. The molecule has 2 aliphatic rings. The molecule has 0 bridgehead atoms. The van der Waals surface area contributed by atoms with E-state index in [4.69, 9.17) is 14.2 Å². The number of nitrogens with zero attached hydrogens (tertiary/aromatic N) is 1. The Kier molecular flexibility index (Phi) is 7.54. The predicted molar refractivity (Wildman–Crippen MR) is 114 cm³/mol. The van der Waals surface area contributed by atoms with Crippen molar-refractivity contribution < 1.29 is 28.2 Å². The molecule has 0 radical (unpaired) electrons. The molecule has 0 atom stereocenters. The number of halogens is 1.